The fraction of sp³-hybridized carbons (Fsp3) is 0.917. The van der Waals surface area contributed by atoms with E-state index in [2.05, 4.69) is 36.3 Å². The van der Waals surface area contributed by atoms with E-state index in [9.17, 15) is 10.2 Å². The summed E-state index contributed by atoms with van der Waals surface area (Å²) in [5.74, 6) is 3.61. The van der Waals surface area contributed by atoms with Crippen molar-refractivity contribution in [3.05, 3.63) is 12.2 Å². The van der Waals surface area contributed by atoms with E-state index in [1.54, 1.807) is 0 Å². The second-order valence-corrected chi connectivity index (χ2v) is 11.3. The molecule has 0 spiro atoms. The maximum Gasteiger partial charge on any atom is 0.0614 e. The molecule has 2 unspecified atom stereocenters. The average Bonchev–Trinajstić information content (AvgIpc) is 3.03. The summed E-state index contributed by atoms with van der Waals surface area (Å²) in [4.78, 5) is 0. The number of hydrogen-bond acceptors (Lipinski definition) is 3. The molecule has 0 aromatic carbocycles. The third-order valence-electron chi connectivity index (χ3n) is 10.1. The Bertz CT molecular complexity index is 594. The lowest BCUT2D eigenvalue weighted by Gasteiger charge is -2.62. The number of allylic oxidation sites excluding steroid dienone is 1. The van der Waals surface area contributed by atoms with Crippen LogP contribution in [0.3, 0.4) is 0 Å². The molecule has 160 valence electrons. The van der Waals surface area contributed by atoms with Gasteiger partial charge in [0.2, 0.25) is 0 Å². The van der Waals surface area contributed by atoms with E-state index in [0.717, 1.165) is 12.8 Å². The molecule has 28 heavy (non-hydrogen) atoms. The molecule has 4 heteroatoms. The van der Waals surface area contributed by atoms with Gasteiger partial charge in [-0.25, -0.2) is 0 Å². The second-order valence-electron chi connectivity index (χ2n) is 11.0. The molecule has 0 saturated heterocycles. The Labute approximate surface area is 174 Å². The highest BCUT2D eigenvalue weighted by Crippen LogP contribution is 2.68. The summed E-state index contributed by atoms with van der Waals surface area (Å²) in [6.07, 6.45) is 14.0. The molecule has 3 nitrogen and oxygen atoms in total. The monoisotopic (exact) mass is 408 g/mol. The molecule has 4 aliphatic rings. The molecule has 0 aromatic rings. The van der Waals surface area contributed by atoms with Crippen molar-refractivity contribution in [2.24, 2.45) is 46.3 Å². The van der Waals surface area contributed by atoms with Crippen molar-refractivity contribution in [1.82, 2.24) is 0 Å². The minimum absolute atomic E-state index is 0.140. The van der Waals surface area contributed by atoms with E-state index in [-0.39, 0.29) is 12.7 Å². The maximum absolute atomic E-state index is 11.4. The van der Waals surface area contributed by atoms with Gasteiger partial charge in [0.15, 0.2) is 0 Å². The van der Waals surface area contributed by atoms with E-state index in [1.165, 1.54) is 38.5 Å². The Morgan fingerprint density at radius 3 is 2.50 bits per heavy atom. The second kappa shape index (κ2) is 7.95. The van der Waals surface area contributed by atoms with Gasteiger partial charge in [0.1, 0.15) is 0 Å². The van der Waals surface area contributed by atoms with Crippen LogP contribution in [0, 0.1) is 46.3 Å². The van der Waals surface area contributed by atoms with Gasteiger partial charge in [-0.15, -0.1) is 0 Å². The van der Waals surface area contributed by atoms with Crippen LogP contribution in [0.2, 0.25) is 0 Å². The minimum atomic E-state index is -0.141. The first-order valence-corrected chi connectivity index (χ1v) is 12.1. The SMILES string of the molecule is C[C@H](/C=C/CO)C1CC[C@H]2[C@@H]3[C@H](O)C[C@@H]4C[C@H](OP)CC[C@]4(C)[C@H]3CC[C@]12C. The topological polar surface area (TPSA) is 49.7 Å². The van der Waals surface area contributed by atoms with Gasteiger partial charge >= 0.3 is 0 Å². The molecule has 0 aliphatic heterocycles. The lowest BCUT2D eigenvalue weighted by molar-refractivity contribution is -0.171. The molecule has 0 aromatic heterocycles. The Kier molecular flexibility index (Phi) is 6.04. The van der Waals surface area contributed by atoms with Crippen molar-refractivity contribution in [3.8, 4) is 0 Å². The van der Waals surface area contributed by atoms with E-state index >= 15 is 0 Å². The Morgan fingerprint density at radius 1 is 1.07 bits per heavy atom. The van der Waals surface area contributed by atoms with E-state index in [1.807, 2.05) is 6.08 Å². The van der Waals surface area contributed by atoms with Crippen LogP contribution in [0.5, 0.6) is 0 Å². The van der Waals surface area contributed by atoms with Crippen LogP contribution in [0.15, 0.2) is 12.2 Å². The van der Waals surface area contributed by atoms with Gasteiger partial charge in [0.25, 0.3) is 0 Å². The molecule has 0 heterocycles. The molecular formula is C24H41O3P. The fourth-order valence-corrected chi connectivity index (χ4v) is 8.87. The summed E-state index contributed by atoms with van der Waals surface area (Å²) < 4.78 is 5.63. The van der Waals surface area contributed by atoms with Gasteiger partial charge in [-0.3, -0.25) is 0 Å². The molecule has 2 N–H and O–H groups in total. The minimum Gasteiger partial charge on any atom is -0.393 e. The summed E-state index contributed by atoms with van der Waals surface area (Å²) in [6, 6.07) is 0. The Morgan fingerprint density at radius 2 is 1.79 bits per heavy atom. The molecule has 0 bridgehead atoms. The highest BCUT2D eigenvalue weighted by atomic mass is 31.0. The molecule has 11 atom stereocenters. The largest absolute Gasteiger partial charge is 0.393 e. The van der Waals surface area contributed by atoms with Crippen LogP contribution in [0.4, 0.5) is 0 Å². The molecule has 0 radical (unpaired) electrons. The molecular weight excluding hydrogens is 367 g/mol. The van der Waals surface area contributed by atoms with Gasteiger partial charge < -0.3 is 14.7 Å². The first kappa shape index (κ1) is 21.3. The highest BCUT2D eigenvalue weighted by molar-refractivity contribution is 7.09. The highest BCUT2D eigenvalue weighted by Gasteiger charge is 2.62. The normalized spacial score (nSPS) is 52.1. The molecule has 4 aliphatic carbocycles. The third kappa shape index (κ3) is 3.24. The summed E-state index contributed by atoms with van der Waals surface area (Å²) in [5.41, 5.74) is 0.719. The Hall–Kier alpha value is 0.0500. The predicted octanol–water partition coefficient (Wildman–Crippen LogP) is 4.98. The van der Waals surface area contributed by atoms with Gasteiger partial charge in [-0.2, -0.15) is 0 Å². The van der Waals surface area contributed by atoms with Crippen molar-refractivity contribution in [2.45, 2.75) is 84.3 Å². The average molecular weight is 409 g/mol. The molecule has 4 saturated carbocycles. The quantitative estimate of drug-likeness (QED) is 0.510. The Balaban J connectivity index is 1.58. The van der Waals surface area contributed by atoms with Crippen LogP contribution in [0.1, 0.15) is 72.1 Å². The smallest absolute Gasteiger partial charge is 0.0614 e. The van der Waals surface area contributed by atoms with Crippen LogP contribution in [-0.2, 0) is 4.52 Å². The van der Waals surface area contributed by atoms with E-state index in [0.29, 0.717) is 52.4 Å². The summed E-state index contributed by atoms with van der Waals surface area (Å²) in [5, 5.41) is 20.5. The molecule has 4 rings (SSSR count). The molecule has 4 fully saturated rings. The van der Waals surface area contributed by atoms with Gasteiger partial charge in [-0.05, 0) is 97.7 Å². The van der Waals surface area contributed by atoms with Crippen molar-refractivity contribution in [3.63, 3.8) is 0 Å². The lowest BCUT2D eigenvalue weighted by Crippen LogP contribution is -2.58. The molecule has 0 amide bonds. The van der Waals surface area contributed by atoms with Gasteiger partial charge in [0.05, 0.1) is 18.8 Å². The lowest BCUT2D eigenvalue weighted by atomic mass is 9.43. The first-order chi connectivity index (χ1) is 13.3. The number of aliphatic hydroxyl groups excluding tert-OH is 2. The van der Waals surface area contributed by atoms with Crippen molar-refractivity contribution in [1.29, 1.82) is 0 Å². The predicted molar refractivity (Wildman–Crippen MR) is 117 cm³/mol. The zero-order valence-corrected chi connectivity index (χ0v) is 19.2. The van der Waals surface area contributed by atoms with Crippen LogP contribution in [-0.4, -0.2) is 29.0 Å². The number of aliphatic hydroxyl groups is 2. The fourth-order valence-electron chi connectivity index (χ4n) is 8.62. The standard InChI is InChI=1S/C24H41O3P/c1-15(5-4-12-25)18-6-7-19-22-20(9-11-24(18,19)3)23(2)10-8-17(27-28)13-16(23)14-21(22)26/h4-5,15-22,25-26H,6-14,28H2,1-3H3/b5-4+/t15-,16+,17-,18?,19+,20+,21-,22+,23+,24-/m1/s1. The summed E-state index contributed by atoms with van der Waals surface area (Å²) in [7, 11) is 2.46. The number of rotatable bonds is 4. The van der Waals surface area contributed by atoms with Crippen molar-refractivity contribution < 1.29 is 14.7 Å². The van der Waals surface area contributed by atoms with Crippen molar-refractivity contribution in [2.75, 3.05) is 6.61 Å². The third-order valence-corrected chi connectivity index (χ3v) is 10.5. The van der Waals surface area contributed by atoms with E-state index < -0.39 is 0 Å². The number of fused-ring (bicyclic) bond motifs is 5. The van der Waals surface area contributed by atoms with Crippen molar-refractivity contribution >= 4 is 9.47 Å². The van der Waals surface area contributed by atoms with Gasteiger partial charge in [-0.1, -0.05) is 32.9 Å². The zero-order chi connectivity index (χ0) is 20.1. The van der Waals surface area contributed by atoms with E-state index in [4.69, 9.17) is 4.52 Å². The van der Waals surface area contributed by atoms with Gasteiger partial charge in [0, 0.05) is 9.47 Å². The summed E-state index contributed by atoms with van der Waals surface area (Å²) in [6.45, 7) is 7.54. The summed E-state index contributed by atoms with van der Waals surface area (Å²) >= 11 is 0. The number of hydrogen-bond donors (Lipinski definition) is 2. The maximum atomic E-state index is 11.4. The zero-order valence-electron chi connectivity index (χ0n) is 18.0. The first-order valence-electron chi connectivity index (χ1n) is 11.7. The van der Waals surface area contributed by atoms with Crippen LogP contribution >= 0.6 is 9.47 Å². The van der Waals surface area contributed by atoms with Crippen LogP contribution < -0.4 is 0 Å². The van der Waals surface area contributed by atoms with Crippen LogP contribution in [0.25, 0.3) is 0 Å².